The predicted molar refractivity (Wildman–Crippen MR) is 145 cm³/mol. The zero-order valence-corrected chi connectivity index (χ0v) is 22.3. The van der Waals surface area contributed by atoms with E-state index in [1.165, 1.54) is 0 Å². The molecule has 0 radical (unpaired) electrons. The molecule has 1 saturated heterocycles. The number of rotatable bonds is 10. The number of likely N-dealkylation sites (N-methyl/N-ethyl adjacent to an activating group) is 1. The van der Waals surface area contributed by atoms with Gasteiger partial charge in [-0.25, -0.2) is 4.79 Å². The van der Waals surface area contributed by atoms with Crippen LogP contribution in [0.15, 0.2) is 42.5 Å². The lowest BCUT2D eigenvalue weighted by molar-refractivity contribution is -0.117. The Morgan fingerprint density at radius 2 is 1.72 bits per heavy atom. The topological polar surface area (TPSA) is 77.2 Å². The fourth-order valence-electron chi connectivity index (χ4n) is 4.66. The molecule has 8 nitrogen and oxygen atoms in total. The number of nitrogens with one attached hydrogen (secondary N) is 2. The lowest BCUT2D eigenvalue weighted by Crippen LogP contribution is -2.53. The summed E-state index contributed by atoms with van der Waals surface area (Å²) in [7, 11) is 1.67. The third-order valence-electron chi connectivity index (χ3n) is 7.08. The predicted octanol–water partition coefficient (Wildman–Crippen LogP) is 3.66. The van der Waals surface area contributed by atoms with Crippen molar-refractivity contribution in [2.75, 3.05) is 64.8 Å². The van der Waals surface area contributed by atoms with E-state index in [1.807, 2.05) is 55.1 Å². The Bertz CT molecular complexity index is 1020. The number of benzene rings is 2. The highest BCUT2D eigenvalue weighted by Crippen LogP contribution is 2.24. The highest BCUT2D eigenvalue weighted by molar-refractivity contribution is 5.93. The Morgan fingerprint density at radius 3 is 2.39 bits per heavy atom. The van der Waals surface area contributed by atoms with E-state index in [2.05, 4.69) is 40.3 Å². The molecule has 1 aliphatic heterocycles. The Morgan fingerprint density at radius 1 is 1.03 bits per heavy atom. The number of piperazine rings is 1. The Balaban J connectivity index is 1.50. The van der Waals surface area contributed by atoms with E-state index in [0.717, 1.165) is 41.2 Å². The number of methoxy groups -OCH3 is 1. The summed E-state index contributed by atoms with van der Waals surface area (Å²) in [5.74, 6) is 0.788. The van der Waals surface area contributed by atoms with Crippen molar-refractivity contribution in [3.63, 3.8) is 0 Å². The molecule has 0 saturated carbocycles. The average molecular weight is 496 g/mol. The first kappa shape index (κ1) is 27.5. The molecule has 0 spiro atoms. The van der Waals surface area contributed by atoms with Crippen molar-refractivity contribution in [1.29, 1.82) is 0 Å². The van der Waals surface area contributed by atoms with Crippen LogP contribution < -0.4 is 15.4 Å². The van der Waals surface area contributed by atoms with E-state index in [9.17, 15) is 9.59 Å². The largest absolute Gasteiger partial charge is 0.497 e. The highest BCUT2D eigenvalue weighted by atomic mass is 16.5. The van der Waals surface area contributed by atoms with Gasteiger partial charge in [-0.15, -0.1) is 0 Å². The van der Waals surface area contributed by atoms with Crippen LogP contribution in [0.3, 0.4) is 0 Å². The molecule has 3 rings (SSSR count). The number of hydrogen-bond donors (Lipinski definition) is 2. The summed E-state index contributed by atoms with van der Waals surface area (Å²) in [6, 6.07) is 14.0. The third kappa shape index (κ3) is 7.21. The van der Waals surface area contributed by atoms with Crippen LogP contribution in [0.5, 0.6) is 5.75 Å². The van der Waals surface area contributed by atoms with Crippen molar-refractivity contribution < 1.29 is 14.3 Å². The molecular weight excluding hydrogens is 454 g/mol. The van der Waals surface area contributed by atoms with Crippen molar-refractivity contribution in [3.05, 3.63) is 59.2 Å². The third-order valence-corrected chi connectivity index (χ3v) is 7.08. The summed E-state index contributed by atoms with van der Waals surface area (Å²) < 4.78 is 5.41. The van der Waals surface area contributed by atoms with Crippen LogP contribution in [0.1, 0.15) is 36.6 Å². The number of aryl methyl sites for hydroxylation is 1. The van der Waals surface area contributed by atoms with Gasteiger partial charge in [0.25, 0.3) is 0 Å². The lowest BCUT2D eigenvalue weighted by atomic mass is 10.0. The number of hydrogen-bond acceptors (Lipinski definition) is 5. The van der Waals surface area contributed by atoms with E-state index in [4.69, 9.17) is 4.74 Å². The summed E-state index contributed by atoms with van der Waals surface area (Å²) in [6.45, 7) is 13.5. The maximum Gasteiger partial charge on any atom is 0.317 e. The summed E-state index contributed by atoms with van der Waals surface area (Å²) >= 11 is 0. The molecule has 1 fully saturated rings. The number of carbonyl (C=O) groups excluding carboxylic acids is 2. The molecular formula is C28H41N5O3. The minimum Gasteiger partial charge on any atom is -0.497 e. The molecule has 0 aromatic heterocycles. The monoisotopic (exact) mass is 495 g/mol. The number of carbonyl (C=O) groups is 2. The molecule has 2 aromatic carbocycles. The number of urea groups is 1. The lowest BCUT2D eigenvalue weighted by Gasteiger charge is -2.35. The van der Waals surface area contributed by atoms with Crippen molar-refractivity contribution in [2.24, 2.45) is 0 Å². The maximum atomic E-state index is 13.0. The summed E-state index contributed by atoms with van der Waals surface area (Å²) in [5.41, 5.74) is 4.22. The van der Waals surface area contributed by atoms with Gasteiger partial charge in [-0.05, 0) is 61.8 Å². The van der Waals surface area contributed by atoms with E-state index < -0.39 is 0 Å². The van der Waals surface area contributed by atoms with Crippen molar-refractivity contribution >= 4 is 17.6 Å². The molecule has 1 atom stereocenters. The van der Waals surface area contributed by atoms with Gasteiger partial charge in [0.1, 0.15) is 5.75 Å². The minimum absolute atomic E-state index is 0.0260. The van der Waals surface area contributed by atoms with Gasteiger partial charge in [0.2, 0.25) is 5.91 Å². The van der Waals surface area contributed by atoms with Gasteiger partial charge >= 0.3 is 6.03 Å². The maximum absolute atomic E-state index is 13.0. The quantitative estimate of drug-likeness (QED) is 0.526. The second-order valence-electron chi connectivity index (χ2n) is 9.26. The van der Waals surface area contributed by atoms with Crippen molar-refractivity contribution in [1.82, 2.24) is 20.0 Å². The van der Waals surface area contributed by atoms with Crippen LogP contribution in [0.25, 0.3) is 0 Å². The van der Waals surface area contributed by atoms with Crippen LogP contribution >= 0.6 is 0 Å². The first-order chi connectivity index (χ1) is 17.4. The summed E-state index contributed by atoms with van der Waals surface area (Å²) in [6.07, 6.45) is 0. The van der Waals surface area contributed by atoms with Crippen LogP contribution in [0.4, 0.5) is 10.5 Å². The normalized spacial score (nSPS) is 15.0. The van der Waals surface area contributed by atoms with Gasteiger partial charge in [0.15, 0.2) is 0 Å². The molecule has 2 N–H and O–H groups in total. The fraction of sp³-hybridized carbons (Fsp3) is 0.500. The molecule has 1 aliphatic rings. The fourth-order valence-corrected chi connectivity index (χ4v) is 4.66. The molecule has 8 heteroatoms. The Kier molecular flexibility index (Phi) is 10.1. The highest BCUT2D eigenvalue weighted by Gasteiger charge is 2.25. The van der Waals surface area contributed by atoms with E-state index in [-0.39, 0.29) is 18.0 Å². The molecule has 2 aromatic rings. The number of nitrogens with zero attached hydrogens (tertiary/aromatic N) is 3. The standard InChI is InChI=1S/C28H41N5O3/c1-6-32(7-2)26(23-11-9-12-24(18-23)36-5)19-29-28(35)33-16-14-31(15-17-33)20-27(34)30-25-13-8-10-21(3)22(25)4/h8-13,18,26H,6-7,14-17,19-20H2,1-5H3,(H,29,35)(H,30,34). The van der Waals surface area contributed by atoms with E-state index in [0.29, 0.717) is 39.3 Å². The molecule has 3 amide bonds. The van der Waals surface area contributed by atoms with Crippen molar-refractivity contribution in [2.45, 2.75) is 33.7 Å². The van der Waals surface area contributed by atoms with Gasteiger partial charge in [-0.3, -0.25) is 14.6 Å². The molecule has 36 heavy (non-hydrogen) atoms. The number of amides is 3. The molecule has 196 valence electrons. The molecule has 0 aliphatic carbocycles. The first-order valence-corrected chi connectivity index (χ1v) is 12.8. The zero-order chi connectivity index (χ0) is 26.1. The van der Waals surface area contributed by atoms with E-state index in [1.54, 1.807) is 7.11 Å². The molecule has 1 heterocycles. The first-order valence-electron chi connectivity index (χ1n) is 12.8. The number of anilines is 1. The second kappa shape index (κ2) is 13.3. The summed E-state index contributed by atoms with van der Waals surface area (Å²) in [5, 5.41) is 6.17. The van der Waals surface area contributed by atoms with Crippen LogP contribution in [0.2, 0.25) is 0 Å². The van der Waals surface area contributed by atoms with Gasteiger partial charge in [0, 0.05) is 38.4 Å². The van der Waals surface area contributed by atoms with Gasteiger partial charge in [-0.2, -0.15) is 0 Å². The zero-order valence-electron chi connectivity index (χ0n) is 22.3. The smallest absolute Gasteiger partial charge is 0.317 e. The van der Waals surface area contributed by atoms with Crippen LogP contribution in [-0.4, -0.2) is 86.1 Å². The Labute approximate surface area is 215 Å². The van der Waals surface area contributed by atoms with Crippen LogP contribution in [-0.2, 0) is 4.79 Å². The average Bonchev–Trinajstić information content (AvgIpc) is 2.89. The van der Waals surface area contributed by atoms with Crippen molar-refractivity contribution in [3.8, 4) is 5.75 Å². The van der Waals surface area contributed by atoms with E-state index >= 15 is 0 Å². The van der Waals surface area contributed by atoms with Gasteiger partial charge in [0.05, 0.1) is 19.7 Å². The molecule has 1 unspecified atom stereocenters. The molecule has 0 bridgehead atoms. The van der Waals surface area contributed by atoms with Gasteiger partial charge < -0.3 is 20.3 Å². The minimum atomic E-state index is -0.0606. The number of ether oxygens (including phenoxy) is 1. The van der Waals surface area contributed by atoms with Crippen LogP contribution in [0, 0.1) is 13.8 Å². The Hall–Kier alpha value is -3.10. The SMILES string of the molecule is CCN(CC)C(CNC(=O)N1CCN(CC(=O)Nc2cccc(C)c2C)CC1)c1cccc(OC)c1. The van der Waals surface area contributed by atoms with Gasteiger partial charge in [-0.1, -0.05) is 38.1 Å². The second-order valence-corrected chi connectivity index (χ2v) is 9.26. The summed E-state index contributed by atoms with van der Waals surface area (Å²) in [4.78, 5) is 31.8.